The summed E-state index contributed by atoms with van der Waals surface area (Å²) in [4.78, 5) is 12.5. The highest BCUT2D eigenvalue weighted by atomic mass is 16.4. The van der Waals surface area contributed by atoms with Crippen LogP contribution in [0.25, 0.3) is 0 Å². The average molecular weight is 201 g/mol. The van der Waals surface area contributed by atoms with Gasteiger partial charge in [-0.1, -0.05) is 0 Å². The normalized spacial score (nSPS) is 27.7. The van der Waals surface area contributed by atoms with Crippen molar-refractivity contribution in [3.8, 4) is 0 Å². The maximum Gasteiger partial charge on any atom is 0.407 e. The van der Waals surface area contributed by atoms with E-state index < -0.39 is 6.09 Å². The fourth-order valence-corrected chi connectivity index (χ4v) is 2.16. The van der Waals surface area contributed by atoms with Gasteiger partial charge in [-0.2, -0.15) is 0 Å². The number of amides is 1. The van der Waals surface area contributed by atoms with E-state index in [0.717, 1.165) is 6.42 Å². The third kappa shape index (κ3) is 2.38. The Hall–Kier alpha value is -0.770. The standard InChI is InChI=1S/C10H19NO3/c1-10(2,3)11(9(13)14)7-4-5-8(12)6-7/h7-8,12H,4-6H2,1-3H3,(H,13,14)/t7-,8+/m1/s1. The Balaban J connectivity index is 2.74. The SMILES string of the molecule is CC(C)(C)N(C(=O)O)[C@@H]1CC[C@H](O)C1. The highest BCUT2D eigenvalue weighted by molar-refractivity contribution is 5.66. The minimum atomic E-state index is -0.892. The minimum Gasteiger partial charge on any atom is -0.465 e. The van der Waals surface area contributed by atoms with Gasteiger partial charge in [-0.3, -0.25) is 0 Å². The van der Waals surface area contributed by atoms with Crippen LogP contribution in [0.3, 0.4) is 0 Å². The summed E-state index contributed by atoms with van der Waals surface area (Å²) < 4.78 is 0. The van der Waals surface area contributed by atoms with E-state index in [2.05, 4.69) is 0 Å². The van der Waals surface area contributed by atoms with Crippen molar-refractivity contribution < 1.29 is 15.0 Å². The van der Waals surface area contributed by atoms with Crippen LogP contribution < -0.4 is 0 Å². The molecule has 1 rings (SSSR count). The van der Waals surface area contributed by atoms with E-state index >= 15 is 0 Å². The summed E-state index contributed by atoms with van der Waals surface area (Å²) in [6.45, 7) is 5.64. The molecule has 0 aromatic rings. The molecule has 0 aliphatic heterocycles. The Bertz CT molecular complexity index is 222. The largest absolute Gasteiger partial charge is 0.465 e. The summed E-state index contributed by atoms with van der Waals surface area (Å²) in [5.74, 6) is 0. The molecular formula is C10H19NO3. The maximum absolute atomic E-state index is 11.1. The number of nitrogens with zero attached hydrogens (tertiary/aromatic N) is 1. The third-order valence-corrected chi connectivity index (χ3v) is 2.67. The van der Waals surface area contributed by atoms with Gasteiger partial charge in [0.1, 0.15) is 0 Å². The second kappa shape index (κ2) is 3.77. The molecular weight excluding hydrogens is 182 g/mol. The monoisotopic (exact) mass is 201 g/mol. The summed E-state index contributed by atoms with van der Waals surface area (Å²) in [6, 6.07) is -0.0255. The first-order chi connectivity index (χ1) is 6.32. The highest BCUT2D eigenvalue weighted by Crippen LogP contribution is 2.29. The fraction of sp³-hybridized carbons (Fsp3) is 0.900. The van der Waals surface area contributed by atoms with Crippen LogP contribution in [0.2, 0.25) is 0 Å². The van der Waals surface area contributed by atoms with E-state index in [-0.39, 0.29) is 17.7 Å². The molecule has 0 heterocycles. The molecule has 82 valence electrons. The van der Waals surface area contributed by atoms with Crippen LogP contribution in [0, 0.1) is 0 Å². The predicted molar refractivity (Wildman–Crippen MR) is 53.3 cm³/mol. The van der Waals surface area contributed by atoms with Gasteiger partial charge in [-0.15, -0.1) is 0 Å². The first-order valence-electron chi connectivity index (χ1n) is 5.02. The number of aliphatic hydroxyl groups excluding tert-OH is 1. The molecule has 0 aromatic heterocycles. The topological polar surface area (TPSA) is 60.8 Å². The zero-order chi connectivity index (χ0) is 10.9. The van der Waals surface area contributed by atoms with Crippen molar-refractivity contribution in [3.05, 3.63) is 0 Å². The van der Waals surface area contributed by atoms with Crippen LogP contribution in [-0.4, -0.2) is 38.9 Å². The van der Waals surface area contributed by atoms with Crippen molar-refractivity contribution in [3.63, 3.8) is 0 Å². The van der Waals surface area contributed by atoms with Crippen LogP contribution >= 0.6 is 0 Å². The molecule has 1 amide bonds. The molecule has 1 aliphatic rings. The quantitative estimate of drug-likeness (QED) is 0.678. The van der Waals surface area contributed by atoms with Crippen molar-refractivity contribution in [2.45, 2.75) is 57.7 Å². The minimum absolute atomic E-state index is 0.0255. The van der Waals surface area contributed by atoms with Gasteiger partial charge >= 0.3 is 6.09 Å². The Morgan fingerprint density at radius 3 is 2.21 bits per heavy atom. The lowest BCUT2D eigenvalue weighted by molar-refractivity contribution is 0.0664. The molecule has 1 aliphatic carbocycles. The van der Waals surface area contributed by atoms with Gasteiger partial charge in [0.2, 0.25) is 0 Å². The summed E-state index contributed by atoms with van der Waals surface area (Å²) in [5.41, 5.74) is -0.388. The van der Waals surface area contributed by atoms with Crippen LogP contribution in [0.1, 0.15) is 40.0 Å². The lowest BCUT2D eigenvalue weighted by Gasteiger charge is -2.38. The molecule has 2 atom stereocenters. The zero-order valence-electron chi connectivity index (χ0n) is 9.03. The number of aliphatic hydroxyl groups is 1. The Labute approximate surface area is 84.5 Å². The molecule has 0 radical (unpaired) electrons. The summed E-state index contributed by atoms with van der Waals surface area (Å²) in [5, 5.41) is 18.5. The summed E-state index contributed by atoms with van der Waals surface area (Å²) in [6.07, 6.45) is 0.833. The van der Waals surface area contributed by atoms with Crippen LogP contribution in [0.15, 0.2) is 0 Å². The Kier molecular flexibility index (Phi) is 3.04. The number of carboxylic acid groups (broad SMARTS) is 1. The molecule has 4 nitrogen and oxygen atoms in total. The smallest absolute Gasteiger partial charge is 0.407 e. The molecule has 1 saturated carbocycles. The first kappa shape index (κ1) is 11.3. The molecule has 0 aromatic carbocycles. The fourth-order valence-electron chi connectivity index (χ4n) is 2.16. The molecule has 0 bridgehead atoms. The second-order valence-electron chi connectivity index (χ2n) is 4.94. The molecule has 14 heavy (non-hydrogen) atoms. The van der Waals surface area contributed by atoms with E-state index in [4.69, 9.17) is 5.11 Å². The van der Waals surface area contributed by atoms with Gasteiger partial charge in [0.15, 0.2) is 0 Å². The van der Waals surface area contributed by atoms with E-state index in [1.165, 1.54) is 4.90 Å². The Morgan fingerprint density at radius 1 is 1.36 bits per heavy atom. The van der Waals surface area contributed by atoms with Gasteiger partial charge in [-0.05, 0) is 40.0 Å². The van der Waals surface area contributed by atoms with E-state index in [9.17, 15) is 9.90 Å². The first-order valence-corrected chi connectivity index (χ1v) is 5.02. The number of rotatable bonds is 1. The molecule has 0 saturated heterocycles. The summed E-state index contributed by atoms with van der Waals surface area (Å²) in [7, 11) is 0. The zero-order valence-corrected chi connectivity index (χ0v) is 9.03. The van der Waals surface area contributed by atoms with Gasteiger partial charge in [0.25, 0.3) is 0 Å². The third-order valence-electron chi connectivity index (χ3n) is 2.67. The molecule has 0 spiro atoms. The van der Waals surface area contributed by atoms with E-state index in [0.29, 0.717) is 12.8 Å². The van der Waals surface area contributed by atoms with Crippen molar-refractivity contribution in [1.29, 1.82) is 0 Å². The Morgan fingerprint density at radius 2 is 1.93 bits per heavy atom. The molecule has 4 heteroatoms. The van der Waals surface area contributed by atoms with Crippen molar-refractivity contribution >= 4 is 6.09 Å². The van der Waals surface area contributed by atoms with Gasteiger partial charge in [0.05, 0.1) is 6.10 Å². The van der Waals surface area contributed by atoms with Crippen LogP contribution in [0.4, 0.5) is 4.79 Å². The molecule has 2 N–H and O–H groups in total. The molecule has 1 fully saturated rings. The van der Waals surface area contributed by atoms with Gasteiger partial charge in [-0.25, -0.2) is 4.79 Å². The van der Waals surface area contributed by atoms with Crippen molar-refractivity contribution in [2.75, 3.05) is 0 Å². The second-order valence-corrected chi connectivity index (χ2v) is 4.94. The molecule has 0 unspecified atom stereocenters. The van der Waals surface area contributed by atoms with E-state index in [1.54, 1.807) is 0 Å². The average Bonchev–Trinajstić information content (AvgIpc) is 2.31. The van der Waals surface area contributed by atoms with Crippen molar-refractivity contribution in [1.82, 2.24) is 4.90 Å². The lowest BCUT2D eigenvalue weighted by Crippen LogP contribution is -2.50. The predicted octanol–water partition coefficient (Wildman–Crippen LogP) is 1.68. The van der Waals surface area contributed by atoms with Gasteiger partial charge in [0, 0.05) is 11.6 Å². The van der Waals surface area contributed by atoms with E-state index in [1.807, 2.05) is 20.8 Å². The number of hydrogen-bond donors (Lipinski definition) is 2. The lowest BCUT2D eigenvalue weighted by atomic mass is 10.0. The number of carbonyl (C=O) groups is 1. The summed E-state index contributed by atoms with van der Waals surface area (Å²) >= 11 is 0. The van der Waals surface area contributed by atoms with Crippen molar-refractivity contribution in [2.24, 2.45) is 0 Å². The van der Waals surface area contributed by atoms with Crippen LogP contribution in [-0.2, 0) is 0 Å². The van der Waals surface area contributed by atoms with Gasteiger partial charge < -0.3 is 15.1 Å². The highest BCUT2D eigenvalue weighted by Gasteiger charge is 2.37. The number of hydrogen-bond acceptors (Lipinski definition) is 2. The maximum atomic E-state index is 11.1. The van der Waals surface area contributed by atoms with Crippen LogP contribution in [0.5, 0.6) is 0 Å².